The fourth-order valence-electron chi connectivity index (χ4n) is 2.45. The van der Waals surface area contributed by atoms with Crippen molar-refractivity contribution in [1.29, 1.82) is 0 Å². The molecule has 0 saturated carbocycles. The summed E-state index contributed by atoms with van der Waals surface area (Å²) in [5, 5.41) is 9.23. The second-order valence-corrected chi connectivity index (χ2v) is 5.52. The molecule has 2 nitrogen and oxygen atoms in total. The fourth-order valence-corrected chi connectivity index (χ4v) is 3.11. The SMILES string of the molecule is CNC(Cc1nccs1)c1cccc2ccccc12. The number of nitrogens with one attached hydrogen (secondary N) is 1. The van der Waals surface area contributed by atoms with Crippen LogP contribution in [0.15, 0.2) is 54.0 Å². The van der Waals surface area contributed by atoms with Crippen molar-refractivity contribution in [1.82, 2.24) is 10.3 Å². The van der Waals surface area contributed by atoms with Crippen LogP contribution in [-0.2, 0) is 6.42 Å². The fraction of sp³-hybridized carbons (Fsp3) is 0.188. The molecule has 0 spiro atoms. The first-order valence-electron chi connectivity index (χ1n) is 6.42. The lowest BCUT2D eigenvalue weighted by molar-refractivity contribution is 0.594. The average Bonchev–Trinajstić information content (AvgIpc) is 2.97. The highest BCUT2D eigenvalue weighted by atomic mass is 32.1. The molecule has 0 saturated heterocycles. The van der Waals surface area contributed by atoms with Gasteiger partial charge in [-0.15, -0.1) is 11.3 Å². The Morgan fingerprint density at radius 3 is 2.79 bits per heavy atom. The number of benzene rings is 2. The first-order chi connectivity index (χ1) is 9.38. The van der Waals surface area contributed by atoms with Gasteiger partial charge in [-0.25, -0.2) is 4.98 Å². The van der Waals surface area contributed by atoms with Crippen LogP contribution in [0.25, 0.3) is 10.8 Å². The highest BCUT2D eigenvalue weighted by molar-refractivity contribution is 7.09. The van der Waals surface area contributed by atoms with E-state index in [2.05, 4.69) is 52.8 Å². The Morgan fingerprint density at radius 2 is 2.00 bits per heavy atom. The first-order valence-corrected chi connectivity index (χ1v) is 7.30. The van der Waals surface area contributed by atoms with Crippen molar-refractivity contribution in [2.75, 3.05) is 7.05 Å². The van der Waals surface area contributed by atoms with Crippen LogP contribution in [0.4, 0.5) is 0 Å². The lowest BCUT2D eigenvalue weighted by atomic mass is 9.97. The second kappa shape index (κ2) is 5.51. The molecule has 3 aromatic rings. The molecule has 1 N–H and O–H groups in total. The van der Waals surface area contributed by atoms with Crippen LogP contribution in [-0.4, -0.2) is 12.0 Å². The summed E-state index contributed by atoms with van der Waals surface area (Å²) in [5.74, 6) is 0. The number of thiazole rings is 1. The Balaban J connectivity index is 2.01. The van der Waals surface area contributed by atoms with Gasteiger partial charge in [0.05, 0.1) is 5.01 Å². The van der Waals surface area contributed by atoms with E-state index in [4.69, 9.17) is 0 Å². The van der Waals surface area contributed by atoms with E-state index >= 15 is 0 Å². The Bertz CT molecular complexity index is 656. The summed E-state index contributed by atoms with van der Waals surface area (Å²) < 4.78 is 0. The van der Waals surface area contributed by atoms with Gasteiger partial charge in [0, 0.05) is 24.0 Å². The summed E-state index contributed by atoms with van der Waals surface area (Å²) in [5.41, 5.74) is 1.34. The highest BCUT2D eigenvalue weighted by Crippen LogP contribution is 2.26. The molecule has 0 fully saturated rings. The zero-order valence-electron chi connectivity index (χ0n) is 10.8. The van der Waals surface area contributed by atoms with E-state index in [1.54, 1.807) is 11.3 Å². The van der Waals surface area contributed by atoms with Crippen molar-refractivity contribution in [2.24, 2.45) is 0 Å². The average molecular weight is 268 g/mol. The van der Waals surface area contributed by atoms with Gasteiger partial charge in [-0.2, -0.15) is 0 Å². The standard InChI is InChI=1S/C16H16N2S/c1-17-15(11-16-18-9-10-19-16)14-8-4-6-12-5-2-3-7-13(12)14/h2-10,15,17H,11H2,1H3. The Hall–Kier alpha value is -1.71. The third-order valence-corrected chi connectivity index (χ3v) is 4.21. The molecular formula is C16H16N2S. The van der Waals surface area contributed by atoms with E-state index in [0.717, 1.165) is 6.42 Å². The highest BCUT2D eigenvalue weighted by Gasteiger charge is 2.14. The molecule has 1 aromatic heterocycles. The number of likely N-dealkylation sites (N-methyl/N-ethyl adjacent to an activating group) is 1. The molecule has 0 aliphatic carbocycles. The normalized spacial score (nSPS) is 12.7. The molecule has 1 unspecified atom stereocenters. The molecule has 3 rings (SSSR count). The third-order valence-electron chi connectivity index (χ3n) is 3.41. The monoisotopic (exact) mass is 268 g/mol. The van der Waals surface area contributed by atoms with E-state index < -0.39 is 0 Å². The predicted molar refractivity (Wildman–Crippen MR) is 81.6 cm³/mol. The molecular weight excluding hydrogens is 252 g/mol. The van der Waals surface area contributed by atoms with Gasteiger partial charge in [-0.1, -0.05) is 42.5 Å². The number of hydrogen-bond donors (Lipinski definition) is 1. The van der Waals surface area contributed by atoms with Crippen LogP contribution in [0.3, 0.4) is 0 Å². The van der Waals surface area contributed by atoms with Gasteiger partial charge in [0.2, 0.25) is 0 Å². The van der Waals surface area contributed by atoms with Gasteiger partial charge >= 0.3 is 0 Å². The Kier molecular flexibility index (Phi) is 3.58. The maximum absolute atomic E-state index is 4.39. The molecule has 0 aliphatic heterocycles. The lowest BCUT2D eigenvalue weighted by Gasteiger charge is -2.17. The van der Waals surface area contributed by atoms with Crippen molar-refractivity contribution in [3.63, 3.8) is 0 Å². The molecule has 0 radical (unpaired) electrons. The topological polar surface area (TPSA) is 24.9 Å². The van der Waals surface area contributed by atoms with Crippen molar-refractivity contribution >= 4 is 22.1 Å². The summed E-state index contributed by atoms with van der Waals surface area (Å²) in [7, 11) is 2.01. The van der Waals surface area contributed by atoms with E-state index in [1.165, 1.54) is 21.3 Å². The van der Waals surface area contributed by atoms with Crippen LogP contribution in [0.5, 0.6) is 0 Å². The van der Waals surface area contributed by atoms with Gasteiger partial charge < -0.3 is 5.32 Å². The summed E-state index contributed by atoms with van der Waals surface area (Å²) in [6, 6.07) is 15.3. The molecule has 2 aromatic carbocycles. The van der Waals surface area contributed by atoms with Crippen LogP contribution >= 0.6 is 11.3 Å². The van der Waals surface area contributed by atoms with Crippen LogP contribution in [0.2, 0.25) is 0 Å². The number of fused-ring (bicyclic) bond motifs is 1. The van der Waals surface area contributed by atoms with Gasteiger partial charge in [0.25, 0.3) is 0 Å². The summed E-state index contributed by atoms with van der Waals surface area (Å²) in [6.45, 7) is 0. The molecule has 0 bridgehead atoms. The number of aromatic nitrogens is 1. The van der Waals surface area contributed by atoms with Gasteiger partial charge in [0.15, 0.2) is 0 Å². The van der Waals surface area contributed by atoms with Crippen LogP contribution in [0.1, 0.15) is 16.6 Å². The number of nitrogens with zero attached hydrogens (tertiary/aromatic N) is 1. The van der Waals surface area contributed by atoms with Crippen molar-refractivity contribution in [3.8, 4) is 0 Å². The zero-order chi connectivity index (χ0) is 13.1. The quantitative estimate of drug-likeness (QED) is 0.778. The molecule has 19 heavy (non-hydrogen) atoms. The zero-order valence-corrected chi connectivity index (χ0v) is 11.7. The van der Waals surface area contributed by atoms with Crippen molar-refractivity contribution in [2.45, 2.75) is 12.5 Å². The number of hydrogen-bond acceptors (Lipinski definition) is 3. The summed E-state index contributed by atoms with van der Waals surface area (Å²) in [4.78, 5) is 4.39. The maximum Gasteiger partial charge on any atom is 0.0943 e. The van der Waals surface area contributed by atoms with Gasteiger partial charge in [0.1, 0.15) is 0 Å². The Labute approximate surface area is 117 Å². The van der Waals surface area contributed by atoms with Crippen molar-refractivity contribution < 1.29 is 0 Å². The van der Waals surface area contributed by atoms with Crippen LogP contribution < -0.4 is 5.32 Å². The minimum Gasteiger partial charge on any atom is -0.313 e. The number of rotatable bonds is 4. The van der Waals surface area contributed by atoms with E-state index in [0.29, 0.717) is 6.04 Å². The summed E-state index contributed by atoms with van der Waals surface area (Å²) in [6.07, 6.45) is 2.80. The third kappa shape index (κ3) is 2.53. The van der Waals surface area contributed by atoms with E-state index in [9.17, 15) is 0 Å². The van der Waals surface area contributed by atoms with Gasteiger partial charge in [-0.3, -0.25) is 0 Å². The predicted octanol–water partition coefficient (Wildman–Crippen LogP) is 3.80. The molecule has 96 valence electrons. The Morgan fingerprint density at radius 1 is 1.16 bits per heavy atom. The smallest absolute Gasteiger partial charge is 0.0943 e. The first kappa shape index (κ1) is 12.3. The summed E-state index contributed by atoms with van der Waals surface area (Å²) >= 11 is 1.72. The van der Waals surface area contributed by atoms with Gasteiger partial charge in [-0.05, 0) is 23.4 Å². The molecule has 0 aliphatic rings. The van der Waals surface area contributed by atoms with E-state index in [1.807, 2.05) is 18.6 Å². The molecule has 1 atom stereocenters. The van der Waals surface area contributed by atoms with Crippen molar-refractivity contribution in [3.05, 3.63) is 64.6 Å². The minimum absolute atomic E-state index is 0.303. The maximum atomic E-state index is 4.39. The molecule has 0 amide bonds. The molecule has 3 heteroatoms. The lowest BCUT2D eigenvalue weighted by Crippen LogP contribution is -2.19. The second-order valence-electron chi connectivity index (χ2n) is 4.54. The van der Waals surface area contributed by atoms with Crippen LogP contribution in [0, 0.1) is 0 Å². The molecule has 1 heterocycles. The minimum atomic E-state index is 0.303. The van der Waals surface area contributed by atoms with E-state index in [-0.39, 0.29) is 0 Å². The largest absolute Gasteiger partial charge is 0.313 e.